The van der Waals surface area contributed by atoms with Crippen LogP contribution in [-0.2, 0) is 19.1 Å². The number of nitrogens with one attached hydrogen (secondary N) is 4. The van der Waals surface area contributed by atoms with E-state index in [0.717, 1.165) is 58.5 Å². The Morgan fingerprint density at radius 1 is 0.544 bits per heavy atom. The number of H-pyrrole nitrogens is 2. The molecule has 5 atom stereocenters. The molecule has 4 heterocycles. The van der Waals surface area contributed by atoms with Crippen LogP contribution in [0.2, 0.25) is 0 Å². The molecule has 2 aliphatic heterocycles. The molecule has 0 spiro atoms. The Bertz CT molecular complexity index is 2780. The van der Waals surface area contributed by atoms with Gasteiger partial charge in [0.2, 0.25) is 0 Å². The number of nitrogens with zero attached hydrogens (tertiary/aromatic N) is 4. The molecule has 9 rings (SSSR count). The van der Waals surface area contributed by atoms with Gasteiger partial charge in [-0.2, -0.15) is 0 Å². The van der Waals surface area contributed by atoms with Gasteiger partial charge in [0.25, 0.3) is 11.8 Å². The average molecular weight is 913 g/mol. The van der Waals surface area contributed by atoms with Gasteiger partial charge >= 0.3 is 12.2 Å². The molecular weight excluding hydrogens is 857 g/mol. The van der Waals surface area contributed by atoms with Crippen LogP contribution in [0.25, 0.3) is 33.6 Å². The molecule has 2 aliphatic rings. The lowest BCUT2D eigenvalue weighted by Gasteiger charge is -2.33. The molecule has 14 nitrogen and oxygen atoms in total. The first-order valence-corrected chi connectivity index (χ1v) is 23.1. The van der Waals surface area contributed by atoms with Gasteiger partial charge in [0.15, 0.2) is 0 Å². The minimum absolute atomic E-state index is 0.219. The molecule has 0 radical (unpaired) electrons. The van der Waals surface area contributed by atoms with Crippen LogP contribution in [0.15, 0.2) is 152 Å². The first kappa shape index (κ1) is 46.5. The summed E-state index contributed by atoms with van der Waals surface area (Å²) in [6.45, 7) is 4.54. The van der Waals surface area contributed by atoms with E-state index in [1.165, 1.54) is 14.2 Å². The number of aromatic amines is 2. The number of amides is 4. The van der Waals surface area contributed by atoms with E-state index >= 15 is 0 Å². The van der Waals surface area contributed by atoms with Crippen LogP contribution in [0.1, 0.15) is 98.1 Å². The number of ether oxygens (including phenoxy) is 2. The van der Waals surface area contributed by atoms with Crippen LogP contribution < -0.4 is 10.6 Å². The molecule has 68 heavy (non-hydrogen) atoms. The van der Waals surface area contributed by atoms with Gasteiger partial charge in [-0.05, 0) is 64.6 Å². The summed E-state index contributed by atoms with van der Waals surface area (Å²) in [5, 5.41) is 5.50. The lowest BCUT2D eigenvalue weighted by Crippen LogP contribution is -2.43. The first-order valence-electron chi connectivity index (χ1n) is 23.1. The second-order valence-electron chi connectivity index (χ2n) is 16.4. The zero-order valence-corrected chi connectivity index (χ0v) is 38.6. The fourth-order valence-corrected chi connectivity index (χ4v) is 9.23. The summed E-state index contributed by atoms with van der Waals surface area (Å²) < 4.78 is 9.78. The number of methoxy groups -OCH3 is 2. The summed E-state index contributed by atoms with van der Waals surface area (Å²) in [6, 6.07) is 42.1. The van der Waals surface area contributed by atoms with Gasteiger partial charge in [-0.1, -0.05) is 153 Å². The fraction of sp³-hybridized carbons (Fsp3) is 0.259. The molecule has 0 unspecified atom stereocenters. The molecule has 2 aromatic heterocycles. The summed E-state index contributed by atoms with van der Waals surface area (Å²) in [4.78, 5) is 73.6. The van der Waals surface area contributed by atoms with Gasteiger partial charge in [0, 0.05) is 6.54 Å². The Hall–Kier alpha value is -8.00. The van der Waals surface area contributed by atoms with Crippen molar-refractivity contribution in [2.24, 2.45) is 0 Å². The van der Waals surface area contributed by atoms with E-state index in [2.05, 4.69) is 57.0 Å². The number of likely N-dealkylation sites (tertiary alicyclic amines) is 2. The van der Waals surface area contributed by atoms with E-state index in [4.69, 9.17) is 19.4 Å². The third-order valence-electron chi connectivity index (χ3n) is 12.6. The molecular formula is C54H56N8O6. The third-order valence-corrected chi connectivity index (χ3v) is 12.6. The quantitative estimate of drug-likeness (QED) is 0.0937. The number of hydrogen-bond donors (Lipinski definition) is 4. The summed E-state index contributed by atoms with van der Waals surface area (Å²) in [6.07, 6.45) is 5.18. The SMILES string of the molecule is CC.COC(=O)N[C@@H](C(=O)N1CCC[C@H]1c1ncc(-c2ccc(-c3ccc(-c4cnc([C@@H]5CC[C@H](c6ccccc6)N5C(=O)[C@H](NC(=O)OC)c5ccccc5)[nH]4)cc3)cc2)[nH]1)c1ccccc1. The molecule has 7 aromatic rings. The van der Waals surface area contributed by atoms with E-state index in [1.54, 1.807) is 17.3 Å². The van der Waals surface area contributed by atoms with Gasteiger partial charge in [-0.25, -0.2) is 19.6 Å². The molecule has 2 fully saturated rings. The molecule has 4 amide bonds. The zero-order valence-electron chi connectivity index (χ0n) is 38.6. The molecule has 5 aromatic carbocycles. The van der Waals surface area contributed by atoms with E-state index in [0.29, 0.717) is 35.7 Å². The number of aromatic nitrogens is 4. The second-order valence-corrected chi connectivity index (χ2v) is 16.4. The normalized spacial score (nSPS) is 17.3. The molecule has 348 valence electrons. The standard InChI is InChI=1S/C52H50N8O6.C2H6/c1-65-51(63)57-45(38-15-8-4-9-16-38)49(61)59-30-12-19-43(59)47-53-31-40(55-47)35-24-20-33(21-25-35)34-22-26-36(27-23-34)41-32-54-48(56-41)44-29-28-42(37-13-6-3-7-14-37)60(44)50(62)46(58-52(64)66-2)39-17-10-5-11-18-39;1-2/h3-11,13-18,20-27,31-32,42-46H,12,19,28-30H2,1-2H3,(H,53,55)(H,54,56)(H,57,63)(H,58,64);1-2H3/t42-,43+,44+,45-,46-;/m1./s1. The van der Waals surface area contributed by atoms with Crippen LogP contribution in [0.5, 0.6) is 0 Å². The van der Waals surface area contributed by atoms with Gasteiger partial charge in [-0.15, -0.1) is 0 Å². The third kappa shape index (κ3) is 10.0. The van der Waals surface area contributed by atoms with Crippen LogP contribution in [0, 0.1) is 0 Å². The monoisotopic (exact) mass is 912 g/mol. The lowest BCUT2D eigenvalue weighted by molar-refractivity contribution is -0.137. The Morgan fingerprint density at radius 2 is 0.971 bits per heavy atom. The highest BCUT2D eigenvalue weighted by Crippen LogP contribution is 2.45. The molecule has 4 N–H and O–H groups in total. The van der Waals surface area contributed by atoms with Gasteiger partial charge in [0.1, 0.15) is 23.7 Å². The van der Waals surface area contributed by atoms with E-state index in [9.17, 15) is 19.2 Å². The lowest BCUT2D eigenvalue weighted by atomic mass is 10.0. The van der Waals surface area contributed by atoms with Crippen molar-refractivity contribution in [3.63, 3.8) is 0 Å². The summed E-state index contributed by atoms with van der Waals surface area (Å²) in [5.74, 6) is 0.892. The van der Waals surface area contributed by atoms with Crippen LogP contribution in [0.4, 0.5) is 9.59 Å². The average Bonchev–Trinajstić information content (AvgIpc) is 4.26. The number of carbonyl (C=O) groups is 4. The summed E-state index contributed by atoms with van der Waals surface area (Å²) in [7, 11) is 2.56. The van der Waals surface area contributed by atoms with E-state index in [1.807, 2.05) is 122 Å². The van der Waals surface area contributed by atoms with Crippen molar-refractivity contribution in [1.29, 1.82) is 0 Å². The largest absolute Gasteiger partial charge is 0.453 e. The Morgan fingerprint density at radius 3 is 1.46 bits per heavy atom. The minimum atomic E-state index is -0.962. The van der Waals surface area contributed by atoms with Crippen LogP contribution >= 0.6 is 0 Å². The number of carbonyl (C=O) groups excluding carboxylic acids is 4. The van der Waals surface area contributed by atoms with Crippen molar-refractivity contribution in [2.75, 3.05) is 20.8 Å². The number of imidazole rings is 2. The van der Waals surface area contributed by atoms with Crippen molar-refractivity contribution in [3.8, 4) is 33.6 Å². The van der Waals surface area contributed by atoms with Crippen molar-refractivity contribution in [2.45, 2.75) is 69.7 Å². The molecule has 2 saturated heterocycles. The van der Waals surface area contributed by atoms with Crippen molar-refractivity contribution in [1.82, 2.24) is 40.4 Å². The zero-order chi connectivity index (χ0) is 47.6. The van der Waals surface area contributed by atoms with E-state index in [-0.39, 0.29) is 29.9 Å². The fourth-order valence-electron chi connectivity index (χ4n) is 9.23. The maximum absolute atomic E-state index is 14.7. The van der Waals surface area contributed by atoms with Gasteiger partial charge in [0.05, 0.1) is 56.1 Å². The summed E-state index contributed by atoms with van der Waals surface area (Å²) >= 11 is 0. The first-order chi connectivity index (χ1) is 33.3. The Labute approximate surface area is 396 Å². The highest BCUT2D eigenvalue weighted by molar-refractivity contribution is 5.88. The molecule has 0 aliphatic carbocycles. The number of alkyl carbamates (subject to hydrolysis) is 2. The Balaban J connectivity index is 0.00000308. The number of benzene rings is 5. The number of hydrogen-bond acceptors (Lipinski definition) is 8. The molecule has 0 bridgehead atoms. The highest BCUT2D eigenvalue weighted by Gasteiger charge is 2.43. The topological polar surface area (TPSA) is 175 Å². The maximum Gasteiger partial charge on any atom is 0.407 e. The Kier molecular flexibility index (Phi) is 14.7. The van der Waals surface area contributed by atoms with Gasteiger partial charge in [-0.3, -0.25) is 9.59 Å². The van der Waals surface area contributed by atoms with Crippen LogP contribution in [-0.4, -0.2) is 74.5 Å². The van der Waals surface area contributed by atoms with Crippen LogP contribution in [0.3, 0.4) is 0 Å². The van der Waals surface area contributed by atoms with Crippen molar-refractivity contribution >= 4 is 24.0 Å². The van der Waals surface area contributed by atoms with Crippen molar-refractivity contribution < 1.29 is 28.7 Å². The smallest absolute Gasteiger partial charge is 0.407 e. The highest BCUT2D eigenvalue weighted by atomic mass is 16.5. The summed E-state index contributed by atoms with van der Waals surface area (Å²) in [5.41, 5.74) is 7.96. The second kappa shape index (κ2) is 21.5. The minimum Gasteiger partial charge on any atom is -0.453 e. The van der Waals surface area contributed by atoms with E-state index < -0.39 is 24.3 Å². The molecule has 0 saturated carbocycles. The maximum atomic E-state index is 14.7. The number of rotatable bonds is 12. The van der Waals surface area contributed by atoms with Crippen molar-refractivity contribution in [3.05, 3.63) is 180 Å². The van der Waals surface area contributed by atoms with Gasteiger partial charge < -0.3 is 39.9 Å². The predicted molar refractivity (Wildman–Crippen MR) is 260 cm³/mol. The molecule has 14 heteroatoms. The predicted octanol–water partition coefficient (Wildman–Crippen LogP) is 10.4.